The molecule has 0 fully saturated rings. The lowest BCUT2D eigenvalue weighted by Crippen LogP contribution is -1.90. The van der Waals surface area contributed by atoms with Crippen LogP contribution in [0.2, 0.25) is 0 Å². The summed E-state index contributed by atoms with van der Waals surface area (Å²) in [5, 5.41) is 0. The van der Waals surface area contributed by atoms with Crippen molar-refractivity contribution < 1.29 is 0 Å². The number of hydrogen-bond acceptors (Lipinski definition) is 0. The van der Waals surface area contributed by atoms with Gasteiger partial charge in [0.25, 0.3) is 0 Å². The van der Waals surface area contributed by atoms with Crippen LogP contribution in [0.1, 0.15) is 34.1 Å². The molecule has 0 unspecified atom stereocenters. The first kappa shape index (κ1) is 9.74. The van der Waals surface area contributed by atoms with E-state index in [2.05, 4.69) is 40.7 Å². The van der Waals surface area contributed by atoms with E-state index in [9.17, 15) is 0 Å². The molecule has 0 heteroatoms. The first-order valence-electron chi connectivity index (χ1n) is 4.06. The van der Waals surface area contributed by atoms with Gasteiger partial charge in [-0.3, -0.25) is 0 Å². The van der Waals surface area contributed by atoms with E-state index in [1.807, 2.05) is 0 Å². The molecule has 0 aliphatic carbocycles. The molecule has 0 N–H and O–H groups in total. The van der Waals surface area contributed by atoms with Gasteiger partial charge in [0, 0.05) is 0 Å². The van der Waals surface area contributed by atoms with Crippen molar-refractivity contribution in [2.24, 2.45) is 11.8 Å². The Kier molecular flexibility index (Phi) is 4.42. The molecule has 0 bridgehead atoms. The SMILES string of the molecule is [CH2]/C(=C/CC(C)C)C(C)C. The summed E-state index contributed by atoms with van der Waals surface area (Å²) in [5.41, 5.74) is 1.27. The maximum atomic E-state index is 3.97. The Labute approximate surface area is 65.3 Å². The highest BCUT2D eigenvalue weighted by Crippen LogP contribution is 2.10. The molecule has 0 aromatic rings. The van der Waals surface area contributed by atoms with Gasteiger partial charge in [0.05, 0.1) is 0 Å². The van der Waals surface area contributed by atoms with Crippen molar-refractivity contribution >= 4 is 0 Å². The second-order valence-corrected chi connectivity index (χ2v) is 3.56. The van der Waals surface area contributed by atoms with Gasteiger partial charge in [-0.2, -0.15) is 0 Å². The first-order chi connectivity index (χ1) is 4.54. The molecule has 10 heavy (non-hydrogen) atoms. The Morgan fingerprint density at radius 3 is 2.10 bits per heavy atom. The maximum absolute atomic E-state index is 3.97. The Balaban J connectivity index is 3.69. The zero-order chi connectivity index (χ0) is 8.15. The number of hydrogen-bond donors (Lipinski definition) is 0. The molecule has 0 amide bonds. The third-order valence-electron chi connectivity index (χ3n) is 1.59. The number of rotatable bonds is 3. The van der Waals surface area contributed by atoms with Gasteiger partial charge in [-0.1, -0.05) is 39.3 Å². The molecule has 0 spiro atoms. The van der Waals surface area contributed by atoms with Gasteiger partial charge in [0.2, 0.25) is 0 Å². The van der Waals surface area contributed by atoms with E-state index in [0.717, 1.165) is 12.3 Å². The van der Waals surface area contributed by atoms with Crippen molar-refractivity contribution in [2.75, 3.05) is 0 Å². The van der Waals surface area contributed by atoms with E-state index in [0.29, 0.717) is 5.92 Å². The van der Waals surface area contributed by atoms with Gasteiger partial charge in [-0.05, 0) is 25.2 Å². The van der Waals surface area contributed by atoms with E-state index in [-0.39, 0.29) is 0 Å². The fourth-order valence-electron chi connectivity index (χ4n) is 0.623. The topological polar surface area (TPSA) is 0 Å². The molecule has 0 rings (SSSR count). The lowest BCUT2D eigenvalue weighted by Gasteiger charge is -2.05. The Hall–Kier alpha value is -0.260. The van der Waals surface area contributed by atoms with Crippen LogP contribution in [0.3, 0.4) is 0 Å². The van der Waals surface area contributed by atoms with Crippen molar-refractivity contribution in [3.05, 3.63) is 18.6 Å². The molecule has 0 nitrogen and oxygen atoms in total. The Morgan fingerprint density at radius 1 is 1.30 bits per heavy atom. The van der Waals surface area contributed by atoms with Gasteiger partial charge in [-0.15, -0.1) is 0 Å². The Bertz CT molecular complexity index is 107. The average molecular weight is 139 g/mol. The van der Waals surface area contributed by atoms with E-state index in [1.165, 1.54) is 5.57 Å². The van der Waals surface area contributed by atoms with Crippen molar-refractivity contribution in [3.8, 4) is 0 Å². The minimum Gasteiger partial charge on any atom is -0.0848 e. The summed E-state index contributed by atoms with van der Waals surface area (Å²) in [6.07, 6.45) is 3.41. The molecule has 0 aliphatic rings. The maximum Gasteiger partial charge on any atom is -0.0260 e. The van der Waals surface area contributed by atoms with E-state index in [4.69, 9.17) is 0 Å². The molecule has 0 aliphatic heterocycles. The third kappa shape index (κ3) is 4.60. The van der Waals surface area contributed by atoms with Gasteiger partial charge in [-0.25, -0.2) is 0 Å². The van der Waals surface area contributed by atoms with E-state index in [1.54, 1.807) is 0 Å². The lowest BCUT2D eigenvalue weighted by atomic mass is 10.0. The Morgan fingerprint density at radius 2 is 1.80 bits per heavy atom. The van der Waals surface area contributed by atoms with Crippen molar-refractivity contribution in [1.82, 2.24) is 0 Å². The van der Waals surface area contributed by atoms with Crippen molar-refractivity contribution in [2.45, 2.75) is 34.1 Å². The third-order valence-corrected chi connectivity index (χ3v) is 1.59. The van der Waals surface area contributed by atoms with Crippen LogP contribution in [0.4, 0.5) is 0 Å². The summed E-state index contributed by atoms with van der Waals surface area (Å²) in [6.45, 7) is 12.8. The standard InChI is InChI=1S/C10H19/c1-8(2)6-7-10(5)9(3)4/h7-9H,5-6H2,1-4H3/b10-7-. The van der Waals surface area contributed by atoms with Crippen molar-refractivity contribution in [3.63, 3.8) is 0 Å². The fraction of sp³-hybridized carbons (Fsp3) is 0.700. The van der Waals surface area contributed by atoms with Crippen LogP contribution in [0, 0.1) is 18.8 Å². The highest BCUT2D eigenvalue weighted by atomic mass is 14.0. The summed E-state index contributed by atoms with van der Waals surface area (Å²) < 4.78 is 0. The van der Waals surface area contributed by atoms with Crippen LogP contribution in [-0.2, 0) is 0 Å². The van der Waals surface area contributed by atoms with Gasteiger partial charge in [0.1, 0.15) is 0 Å². The van der Waals surface area contributed by atoms with Gasteiger partial charge < -0.3 is 0 Å². The second-order valence-electron chi connectivity index (χ2n) is 3.56. The van der Waals surface area contributed by atoms with Crippen LogP contribution >= 0.6 is 0 Å². The first-order valence-corrected chi connectivity index (χ1v) is 4.06. The van der Waals surface area contributed by atoms with Gasteiger partial charge >= 0.3 is 0 Å². The second kappa shape index (κ2) is 4.54. The largest absolute Gasteiger partial charge is 0.0848 e. The van der Waals surface area contributed by atoms with Crippen molar-refractivity contribution in [1.29, 1.82) is 0 Å². The molecule has 59 valence electrons. The molecular weight excluding hydrogens is 120 g/mol. The molecular formula is C10H19. The minimum absolute atomic E-state index is 0.610. The minimum atomic E-state index is 0.610. The van der Waals surface area contributed by atoms with Gasteiger partial charge in [0.15, 0.2) is 0 Å². The van der Waals surface area contributed by atoms with Crippen LogP contribution < -0.4 is 0 Å². The molecule has 0 saturated carbocycles. The zero-order valence-electron chi connectivity index (χ0n) is 7.65. The summed E-state index contributed by atoms with van der Waals surface area (Å²) in [4.78, 5) is 0. The smallest absolute Gasteiger partial charge is 0.0260 e. The van der Waals surface area contributed by atoms with Crippen LogP contribution in [0.25, 0.3) is 0 Å². The highest BCUT2D eigenvalue weighted by Gasteiger charge is 1.95. The van der Waals surface area contributed by atoms with Crippen LogP contribution in [-0.4, -0.2) is 0 Å². The summed E-state index contributed by atoms with van der Waals surface area (Å²) in [6, 6.07) is 0. The van der Waals surface area contributed by atoms with E-state index < -0.39 is 0 Å². The number of allylic oxidation sites excluding steroid dienone is 2. The molecule has 0 heterocycles. The van der Waals surface area contributed by atoms with Crippen LogP contribution in [0.5, 0.6) is 0 Å². The zero-order valence-corrected chi connectivity index (χ0v) is 7.65. The van der Waals surface area contributed by atoms with Crippen LogP contribution in [0.15, 0.2) is 11.6 Å². The highest BCUT2D eigenvalue weighted by molar-refractivity contribution is 5.07. The lowest BCUT2D eigenvalue weighted by molar-refractivity contribution is 0.654. The fourth-order valence-corrected chi connectivity index (χ4v) is 0.623. The summed E-state index contributed by atoms with van der Waals surface area (Å²) in [7, 11) is 0. The summed E-state index contributed by atoms with van der Waals surface area (Å²) in [5.74, 6) is 1.37. The average Bonchev–Trinajstić information content (AvgIpc) is 1.82. The molecule has 1 radical (unpaired) electrons. The summed E-state index contributed by atoms with van der Waals surface area (Å²) >= 11 is 0. The normalized spacial score (nSPS) is 13.3. The molecule has 0 atom stereocenters. The molecule has 0 saturated heterocycles. The van der Waals surface area contributed by atoms with E-state index >= 15 is 0 Å². The predicted molar refractivity (Wildman–Crippen MR) is 47.7 cm³/mol. The quantitative estimate of drug-likeness (QED) is 0.562. The molecule has 0 aromatic carbocycles. The monoisotopic (exact) mass is 139 g/mol. The molecule has 0 aromatic heterocycles. The predicted octanol–water partition coefficient (Wildman–Crippen LogP) is 3.45.